The molecule has 1 saturated heterocycles. The fraction of sp³-hybridized carbons (Fsp3) is 0.333. The van der Waals surface area contributed by atoms with E-state index in [0.717, 1.165) is 17.7 Å². The van der Waals surface area contributed by atoms with Gasteiger partial charge in [-0.1, -0.05) is 12.1 Å². The number of halogens is 2. The zero-order valence-corrected chi connectivity index (χ0v) is 16.5. The molecule has 2 aromatic rings. The molecule has 0 aliphatic carbocycles. The number of morpholine rings is 1. The van der Waals surface area contributed by atoms with Gasteiger partial charge in [0.1, 0.15) is 17.4 Å². The highest BCUT2D eigenvalue weighted by molar-refractivity contribution is 6.39. The van der Waals surface area contributed by atoms with Crippen molar-refractivity contribution in [1.82, 2.24) is 10.2 Å². The van der Waals surface area contributed by atoms with Crippen LogP contribution in [0.2, 0.25) is 0 Å². The van der Waals surface area contributed by atoms with Crippen LogP contribution in [0.15, 0.2) is 42.5 Å². The number of benzene rings is 2. The number of hydrogen-bond acceptors (Lipinski definition) is 5. The average molecular weight is 419 g/mol. The van der Waals surface area contributed by atoms with Gasteiger partial charge in [-0.15, -0.1) is 0 Å². The number of methoxy groups -OCH3 is 1. The fourth-order valence-corrected chi connectivity index (χ4v) is 3.21. The summed E-state index contributed by atoms with van der Waals surface area (Å²) in [5.41, 5.74) is 0.680. The first-order valence-electron chi connectivity index (χ1n) is 9.48. The molecule has 9 heteroatoms. The Kier molecular flexibility index (Phi) is 7.31. The molecule has 2 N–H and O–H groups in total. The lowest BCUT2D eigenvalue weighted by Gasteiger charge is -2.34. The van der Waals surface area contributed by atoms with E-state index in [1.807, 2.05) is 24.3 Å². The van der Waals surface area contributed by atoms with Crippen LogP contribution in [0.4, 0.5) is 14.5 Å². The van der Waals surface area contributed by atoms with Gasteiger partial charge in [0.2, 0.25) is 0 Å². The number of nitrogens with one attached hydrogen (secondary N) is 2. The van der Waals surface area contributed by atoms with E-state index < -0.39 is 23.4 Å². The van der Waals surface area contributed by atoms with Crippen molar-refractivity contribution in [2.24, 2.45) is 0 Å². The quantitative estimate of drug-likeness (QED) is 0.701. The van der Waals surface area contributed by atoms with Gasteiger partial charge in [-0.3, -0.25) is 14.5 Å². The molecule has 0 aromatic heterocycles. The molecule has 2 aromatic carbocycles. The van der Waals surface area contributed by atoms with Crippen molar-refractivity contribution < 1.29 is 27.8 Å². The molecule has 1 unspecified atom stereocenters. The van der Waals surface area contributed by atoms with Gasteiger partial charge in [-0.25, -0.2) is 8.78 Å². The van der Waals surface area contributed by atoms with Gasteiger partial charge >= 0.3 is 11.8 Å². The maximum atomic E-state index is 13.7. The van der Waals surface area contributed by atoms with Crippen molar-refractivity contribution in [2.75, 3.05) is 45.3 Å². The Morgan fingerprint density at radius 2 is 1.80 bits per heavy atom. The summed E-state index contributed by atoms with van der Waals surface area (Å²) in [7, 11) is 1.58. The molecule has 0 saturated carbocycles. The normalized spacial score (nSPS) is 15.3. The van der Waals surface area contributed by atoms with Crippen molar-refractivity contribution in [1.29, 1.82) is 0 Å². The number of nitrogens with zero attached hydrogens (tertiary/aromatic N) is 1. The standard InChI is InChI=1S/C21H23F2N3O4/c1-29-16-5-2-14(3-6-16)19(26-8-10-30-11-9-26)13-24-20(27)21(28)25-18-7-4-15(22)12-17(18)23/h2-7,12,19H,8-11,13H2,1H3,(H,24,27)(H,25,28). The molecule has 3 rings (SSSR count). The molecule has 1 fully saturated rings. The predicted octanol–water partition coefficient (Wildman–Crippen LogP) is 2.10. The Hall–Kier alpha value is -3.04. The summed E-state index contributed by atoms with van der Waals surface area (Å²) < 4.78 is 37.3. The summed E-state index contributed by atoms with van der Waals surface area (Å²) >= 11 is 0. The van der Waals surface area contributed by atoms with Crippen molar-refractivity contribution >= 4 is 17.5 Å². The van der Waals surface area contributed by atoms with Crippen LogP contribution < -0.4 is 15.4 Å². The van der Waals surface area contributed by atoms with Gasteiger partial charge in [-0.05, 0) is 29.8 Å². The van der Waals surface area contributed by atoms with Gasteiger partial charge in [0.05, 0.1) is 32.1 Å². The van der Waals surface area contributed by atoms with E-state index in [-0.39, 0.29) is 18.3 Å². The second kappa shape index (κ2) is 10.1. The van der Waals surface area contributed by atoms with Gasteiger partial charge in [-0.2, -0.15) is 0 Å². The lowest BCUT2D eigenvalue weighted by Crippen LogP contribution is -2.45. The minimum absolute atomic E-state index is 0.171. The number of carbonyl (C=O) groups is 2. The second-order valence-corrected chi connectivity index (χ2v) is 6.73. The number of amides is 2. The first-order chi connectivity index (χ1) is 14.5. The van der Waals surface area contributed by atoms with Crippen molar-refractivity contribution in [3.8, 4) is 5.75 Å². The van der Waals surface area contributed by atoms with Crippen LogP contribution in [0.3, 0.4) is 0 Å². The lowest BCUT2D eigenvalue weighted by molar-refractivity contribution is -0.136. The Balaban J connectivity index is 1.66. The molecule has 0 bridgehead atoms. The molecule has 1 aliphatic heterocycles. The van der Waals surface area contributed by atoms with Crippen LogP contribution >= 0.6 is 0 Å². The Morgan fingerprint density at radius 3 is 2.43 bits per heavy atom. The third kappa shape index (κ3) is 5.52. The summed E-state index contributed by atoms with van der Waals surface area (Å²) in [4.78, 5) is 26.5. The largest absolute Gasteiger partial charge is 0.497 e. The number of ether oxygens (including phenoxy) is 2. The van der Waals surface area contributed by atoms with E-state index in [1.165, 1.54) is 0 Å². The average Bonchev–Trinajstić information content (AvgIpc) is 2.76. The summed E-state index contributed by atoms with van der Waals surface area (Å²) in [6.45, 7) is 2.68. The summed E-state index contributed by atoms with van der Waals surface area (Å²) in [5.74, 6) is -2.96. The van der Waals surface area contributed by atoms with Gasteiger partial charge in [0.25, 0.3) is 0 Å². The first kappa shape index (κ1) is 21.7. The molecule has 160 valence electrons. The van der Waals surface area contributed by atoms with E-state index in [2.05, 4.69) is 15.5 Å². The van der Waals surface area contributed by atoms with Crippen LogP contribution in [0.25, 0.3) is 0 Å². The molecule has 30 heavy (non-hydrogen) atoms. The third-order valence-electron chi connectivity index (χ3n) is 4.83. The number of carbonyl (C=O) groups excluding carboxylic acids is 2. The molecule has 1 atom stereocenters. The number of rotatable bonds is 6. The van der Waals surface area contributed by atoms with Crippen LogP contribution in [-0.4, -0.2) is 56.7 Å². The summed E-state index contributed by atoms with van der Waals surface area (Å²) in [6.07, 6.45) is 0. The zero-order valence-electron chi connectivity index (χ0n) is 16.5. The van der Waals surface area contributed by atoms with E-state index in [9.17, 15) is 18.4 Å². The molecule has 0 radical (unpaired) electrons. The Morgan fingerprint density at radius 1 is 1.10 bits per heavy atom. The van der Waals surface area contributed by atoms with Crippen molar-refractivity contribution in [3.05, 3.63) is 59.7 Å². The molecule has 1 aliphatic rings. The second-order valence-electron chi connectivity index (χ2n) is 6.73. The molecule has 1 heterocycles. The lowest BCUT2D eigenvalue weighted by atomic mass is 10.0. The Labute approximate surface area is 173 Å². The van der Waals surface area contributed by atoms with E-state index in [1.54, 1.807) is 7.11 Å². The van der Waals surface area contributed by atoms with E-state index in [4.69, 9.17) is 9.47 Å². The van der Waals surface area contributed by atoms with Crippen LogP contribution in [-0.2, 0) is 14.3 Å². The van der Waals surface area contributed by atoms with Gasteiger partial charge < -0.3 is 20.1 Å². The van der Waals surface area contributed by atoms with Crippen molar-refractivity contribution in [3.63, 3.8) is 0 Å². The molecular weight excluding hydrogens is 396 g/mol. The molecule has 2 amide bonds. The number of anilines is 1. The third-order valence-corrected chi connectivity index (χ3v) is 4.83. The van der Waals surface area contributed by atoms with E-state index >= 15 is 0 Å². The highest BCUT2D eigenvalue weighted by Gasteiger charge is 2.25. The van der Waals surface area contributed by atoms with Crippen LogP contribution in [0.5, 0.6) is 5.75 Å². The molecule has 0 spiro atoms. The SMILES string of the molecule is COc1ccc(C(CNC(=O)C(=O)Nc2ccc(F)cc2F)N2CCOCC2)cc1. The smallest absolute Gasteiger partial charge is 0.313 e. The highest BCUT2D eigenvalue weighted by atomic mass is 19.1. The predicted molar refractivity (Wildman–Crippen MR) is 106 cm³/mol. The molecular formula is C21H23F2N3O4. The minimum atomic E-state index is -1.03. The minimum Gasteiger partial charge on any atom is -0.497 e. The van der Waals surface area contributed by atoms with Crippen molar-refractivity contribution in [2.45, 2.75) is 6.04 Å². The molecule has 7 nitrogen and oxygen atoms in total. The first-order valence-corrected chi connectivity index (χ1v) is 9.48. The van der Waals surface area contributed by atoms with Crippen LogP contribution in [0.1, 0.15) is 11.6 Å². The van der Waals surface area contributed by atoms with E-state index in [0.29, 0.717) is 38.1 Å². The van der Waals surface area contributed by atoms with Gasteiger partial charge in [0.15, 0.2) is 0 Å². The number of hydrogen-bond donors (Lipinski definition) is 2. The summed E-state index contributed by atoms with van der Waals surface area (Å²) in [6, 6.07) is 9.96. The van der Waals surface area contributed by atoms with Gasteiger partial charge in [0, 0.05) is 25.7 Å². The monoisotopic (exact) mass is 419 g/mol. The maximum absolute atomic E-state index is 13.7. The summed E-state index contributed by atoms with van der Waals surface area (Å²) in [5, 5.41) is 4.75. The highest BCUT2D eigenvalue weighted by Crippen LogP contribution is 2.23. The maximum Gasteiger partial charge on any atom is 0.313 e. The fourth-order valence-electron chi connectivity index (χ4n) is 3.21. The topological polar surface area (TPSA) is 79.9 Å². The Bertz CT molecular complexity index is 886. The zero-order chi connectivity index (χ0) is 21.5. The van der Waals surface area contributed by atoms with Crippen LogP contribution in [0, 0.1) is 11.6 Å².